The molecule has 0 saturated carbocycles. The van der Waals surface area contributed by atoms with Crippen LogP contribution in [-0.4, -0.2) is 11.5 Å². The zero-order valence-electron chi connectivity index (χ0n) is 16.6. The SMILES string of the molecule is CCOc1cc(CNc2ccc(C)cc2)ccc1OCc1ccc([N+](=O)[O-])cc1. The van der Waals surface area contributed by atoms with Gasteiger partial charge >= 0.3 is 0 Å². The molecule has 150 valence electrons. The van der Waals surface area contributed by atoms with Crippen LogP contribution >= 0.6 is 0 Å². The second-order valence-corrected chi connectivity index (χ2v) is 6.65. The van der Waals surface area contributed by atoms with Crippen molar-refractivity contribution >= 4 is 11.4 Å². The molecule has 0 aliphatic heterocycles. The highest BCUT2D eigenvalue weighted by Gasteiger charge is 2.09. The van der Waals surface area contributed by atoms with Gasteiger partial charge in [-0.2, -0.15) is 0 Å². The Hall–Kier alpha value is -3.54. The second-order valence-electron chi connectivity index (χ2n) is 6.65. The summed E-state index contributed by atoms with van der Waals surface area (Å²) in [5.74, 6) is 1.32. The van der Waals surface area contributed by atoms with Gasteiger partial charge in [0, 0.05) is 24.4 Å². The first-order valence-electron chi connectivity index (χ1n) is 9.47. The van der Waals surface area contributed by atoms with Crippen LogP contribution in [-0.2, 0) is 13.2 Å². The summed E-state index contributed by atoms with van der Waals surface area (Å²) in [6, 6.07) is 20.4. The molecule has 0 spiro atoms. The number of rotatable bonds is 9. The number of nitro benzene ring substituents is 1. The Morgan fingerprint density at radius 1 is 0.897 bits per heavy atom. The van der Waals surface area contributed by atoms with Crippen LogP contribution in [0.5, 0.6) is 11.5 Å². The van der Waals surface area contributed by atoms with Crippen LogP contribution in [0.2, 0.25) is 0 Å². The maximum absolute atomic E-state index is 10.8. The van der Waals surface area contributed by atoms with Crippen molar-refractivity contribution in [3.63, 3.8) is 0 Å². The third-order valence-corrected chi connectivity index (χ3v) is 4.40. The normalized spacial score (nSPS) is 10.4. The highest BCUT2D eigenvalue weighted by Crippen LogP contribution is 2.30. The number of aryl methyl sites for hydroxylation is 1. The third kappa shape index (κ3) is 5.72. The lowest BCUT2D eigenvalue weighted by atomic mass is 10.1. The van der Waals surface area contributed by atoms with Crippen molar-refractivity contribution in [1.82, 2.24) is 0 Å². The molecule has 3 rings (SSSR count). The van der Waals surface area contributed by atoms with Crippen LogP contribution in [0.25, 0.3) is 0 Å². The Labute approximate surface area is 170 Å². The highest BCUT2D eigenvalue weighted by atomic mass is 16.6. The topological polar surface area (TPSA) is 73.6 Å². The Balaban J connectivity index is 1.65. The van der Waals surface area contributed by atoms with Crippen molar-refractivity contribution in [2.24, 2.45) is 0 Å². The maximum Gasteiger partial charge on any atom is 0.269 e. The number of nitrogens with one attached hydrogen (secondary N) is 1. The van der Waals surface area contributed by atoms with Gasteiger partial charge in [0.2, 0.25) is 0 Å². The monoisotopic (exact) mass is 392 g/mol. The van der Waals surface area contributed by atoms with Gasteiger partial charge in [0.05, 0.1) is 11.5 Å². The van der Waals surface area contributed by atoms with Gasteiger partial charge in [0.1, 0.15) is 6.61 Å². The van der Waals surface area contributed by atoms with Gasteiger partial charge in [-0.05, 0) is 61.4 Å². The van der Waals surface area contributed by atoms with Crippen LogP contribution in [0.1, 0.15) is 23.6 Å². The zero-order valence-corrected chi connectivity index (χ0v) is 16.6. The summed E-state index contributed by atoms with van der Waals surface area (Å²) < 4.78 is 11.6. The Morgan fingerprint density at radius 3 is 2.24 bits per heavy atom. The number of hydrogen-bond acceptors (Lipinski definition) is 5. The first kappa shape index (κ1) is 20.2. The number of anilines is 1. The Bertz CT molecular complexity index is 954. The zero-order chi connectivity index (χ0) is 20.6. The van der Waals surface area contributed by atoms with E-state index in [1.165, 1.54) is 17.7 Å². The number of non-ortho nitro benzene ring substituents is 1. The lowest BCUT2D eigenvalue weighted by Crippen LogP contribution is -2.03. The van der Waals surface area contributed by atoms with Crippen LogP contribution in [0, 0.1) is 17.0 Å². The predicted octanol–water partition coefficient (Wildman–Crippen LogP) is 5.49. The molecule has 0 unspecified atom stereocenters. The molecule has 29 heavy (non-hydrogen) atoms. The number of hydrogen-bond donors (Lipinski definition) is 1. The van der Waals surface area contributed by atoms with Gasteiger partial charge in [0.25, 0.3) is 5.69 Å². The number of nitro groups is 1. The highest BCUT2D eigenvalue weighted by molar-refractivity contribution is 5.47. The summed E-state index contributed by atoms with van der Waals surface area (Å²) in [6.45, 7) is 5.50. The van der Waals surface area contributed by atoms with Crippen LogP contribution in [0.15, 0.2) is 66.7 Å². The van der Waals surface area contributed by atoms with E-state index in [4.69, 9.17) is 9.47 Å². The first-order valence-corrected chi connectivity index (χ1v) is 9.47. The lowest BCUT2D eigenvalue weighted by molar-refractivity contribution is -0.384. The fourth-order valence-electron chi connectivity index (χ4n) is 2.80. The summed E-state index contributed by atoms with van der Waals surface area (Å²) in [5, 5.41) is 14.1. The van der Waals surface area contributed by atoms with Crippen LogP contribution in [0.3, 0.4) is 0 Å². The summed E-state index contributed by atoms with van der Waals surface area (Å²) in [5.41, 5.74) is 4.28. The molecule has 3 aromatic carbocycles. The van der Waals surface area contributed by atoms with Gasteiger partial charge in [-0.15, -0.1) is 0 Å². The summed E-state index contributed by atoms with van der Waals surface area (Å²) in [4.78, 5) is 10.3. The largest absolute Gasteiger partial charge is 0.490 e. The molecule has 3 aromatic rings. The Kier molecular flexibility index (Phi) is 6.68. The molecule has 0 bridgehead atoms. The average Bonchev–Trinajstić information content (AvgIpc) is 2.73. The van der Waals surface area contributed by atoms with Crippen molar-refractivity contribution < 1.29 is 14.4 Å². The molecule has 0 aliphatic rings. The number of benzene rings is 3. The summed E-state index contributed by atoms with van der Waals surface area (Å²) >= 11 is 0. The minimum absolute atomic E-state index is 0.0641. The van der Waals surface area contributed by atoms with Crippen molar-refractivity contribution in [2.45, 2.75) is 27.0 Å². The molecule has 0 radical (unpaired) electrons. The van der Waals surface area contributed by atoms with Crippen molar-refractivity contribution in [2.75, 3.05) is 11.9 Å². The van der Waals surface area contributed by atoms with E-state index in [1.54, 1.807) is 12.1 Å². The molecular formula is C23H24N2O4. The minimum atomic E-state index is -0.415. The standard InChI is InChI=1S/C23H24N2O4/c1-3-28-23-14-19(15-24-20-9-4-17(2)5-10-20)8-13-22(23)29-16-18-6-11-21(12-7-18)25(26)27/h4-14,24H,3,15-16H2,1-2H3. The van der Waals surface area contributed by atoms with E-state index in [0.29, 0.717) is 31.3 Å². The van der Waals surface area contributed by atoms with E-state index in [-0.39, 0.29) is 5.69 Å². The average molecular weight is 392 g/mol. The molecular weight excluding hydrogens is 368 g/mol. The summed E-state index contributed by atoms with van der Waals surface area (Å²) in [7, 11) is 0. The van der Waals surface area contributed by atoms with Crippen molar-refractivity contribution in [3.05, 3.63) is 93.5 Å². The number of nitrogens with zero attached hydrogens (tertiary/aromatic N) is 1. The molecule has 0 saturated heterocycles. The molecule has 0 fully saturated rings. The molecule has 1 N–H and O–H groups in total. The van der Waals surface area contributed by atoms with Crippen LogP contribution < -0.4 is 14.8 Å². The molecule has 0 heterocycles. The molecule has 6 nitrogen and oxygen atoms in total. The third-order valence-electron chi connectivity index (χ3n) is 4.40. The van der Waals surface area contributed by atoms with Crippen molar-refractivity contribution in [1.29, 1.82) is 0 Å². The molecule has 0 aliphatic carbocycles. The van der Waals surface area contributed by atoms with Gasteiger partial charge in [-0.3, -0.25) is 10.1 Å². The predicted molar refractivity (Wildman–Crippen MR) is 114 cm³/mol. The lowest BCUT2D eigenvalue weighted by Gasteiger charge is -2.14. The molecule has 0 aromatic heterocycles. The van der Waals surface area contributed by atoms with Gasteiger partial charge in [-0.25, -0.2) is 0 Å². The van der Waals surface area contributed by atoms with E-state index < -0.39 is 4.92 Å². The van der Waals surface area contributed by atoms with Crippen molar-refractivity contribution in [3.8, 4) is 11.5 Å². The smallest absolute Gasteiger partial charge is 0.269 e. The van der Waals surface area contributed by atoms with E-state index in [1.807, 2.05) is 25.1 Å². The molecule has 0 atom stereocenters. The van der Waals surface area contributed by atoms with Crippen LogP contribution in [0.4, 0.5) is 11.4 Å². The van der Waals surface area contributed by atoms with Gasteiger partial charge in [0.15, 0.2) is 11.5 Å². The molecule has 6 heteroatoms. The van der Waals surface area contributed by atoms with Gasteiger partial charge in [-0.1, -0.05) is 23.8 Å². The fourth-order valence-corrected chi connectivity index (χ4v) is 2.80. The maximum atomic E-state index is 10.8. The minimum Gasteiger partial charge on any atom is -0.490 e. The number of ether oxygens (including phenoxy) is 2. The van der Waals surface area contributed by atoms with E-state index in [0.717, 1.165) is 16.8 Å². The fraction of sp³-hybridized carbons (Fsp3) is 0.217. The van der Waals surface area contributed by atoms with E-state index >= 15 is 0 Å². The van der Waals surface area contributed by atoms with Gasteiger partial charge < -0.3 is 14.8 Å². The molecule has 0 amide bonds. The van der Waals surface area contributed by atoms with E-state index in [2.05, 4.69) is 36.5 Å². The second kappa shape index (κ2) is 9.59. The van der Waals surface area contributed by atoms with E-state index in [9.17, 15) is 10.1 Å². The Morgan fingerprint density at radius 2 is 1.59 bits per heavy atom. The quantitative estimate of drug-likeness (QED) is 0.385. The summed E-state index contributed by atoms with van der Waals surface area (Å²) in [6.07, 6.45) is 0. The first-order chi connectivity index (χ1) is 14.0.